The van der Waals surface area contributed by atoms with E-state index in [-0.39, 0.29) is 24.3 Å². The predicted molar refractivity (Wildman–Crippen MR) is 79.1 cm³/mol. The van der Waals surface area contributed by atoms with E-state index in [0.717, 1.165) is 19.3 Å². The Labute approximate surface area is 122 Å². The van der Waals surface area contributed by atoms with E-state index in [1.807, 2.05) is 6.92 Å². The highest BCUT2D eigenvalue weighted by molar-refractivity contribution is 5.83. The summed E-state index contributed by atoms with van der Waals surface area (Å²) in [6, 6.07) is 0. The molecule has 1 fully saturated rings. The van der Waals surface area contributed by atoms with E-state index in [1.54, 1.807) is 0 Å². The van der Waals surface area contributed by atoms with Crippen LogP contribution in [0.4, 0.5) is 0 Å². The minimum atomic E-state index is -0.342. The first-order valence-electron chi connectivity index (χ1n) is 7.89. The molecule has 4 nitrogen and oxygen atoms in total. The lowest BCUT2D eigenvalue weighted by Crippen LogP contribution is -2.42. The van der Waals surface area contributed by atoms with Crippen molar-refractivity contribution in [2.75, 3.05) is 13.2 Å². The van der Waals surface area contributed by atoms with Gasteiger partial charge in [0, 0.05) is 5.92 Å². The van der Waals surface area contributed by atoms with Gasteiger partial charge in [0.05, 0.1) is 6.61 Å². The normalized spacial score (nSPS) is 26.4. The van der Waals surface area contributed by atoms with Crippen molar-refractivity contribution >= 4 is 11.9 Å². The number of amides is 1. The predicted octanol–water partition coefficient (Wildman–Crippen LogP) is 2.76. The van der Waals surface area contributed by atoms with Crippen LogP contribution in [-0.2, 0) is 14.3 Å². The largest absolute Gasteiger partial charge is 0.464 e. The summed E-state index contributed by atoms with van der Waals surface area (Å²) >= 11 is 0. The first-order chi connectivity index (χ1) is 9.45. The monoisotopic (exact) mass is 283 g/mol. The maximum Gasteiger partial charge on any atom is 0.325 e. The third kappa shape index (κ3) is 5.14. The fraction of sp³-hybridized carbons (Fsp3) is 0.875. The molecule has 1 N–H and O–H groups in total. The van der Waals surface area contributed by atoms with Gasteiger partial charge in [-0.15, -0.1) is 0 Å². The molecule has 0 aromatic heterocycles. The summed E-state index contributed by atoms with van der Waals surface area (Å²) in [4.78, 5) is 23.7. The summed E-state index contributed by atoms with van der Waals surface area (Å²) in [5.41, 5.74) is 0. The number of hydrogen-bond donors (Lipinski definition) is 1. The fourth-order valence-electron chi connectivity index (χ4n) is 3.06. The molecule has 0 aliphatic heterocycles. The molecule has 0 radical (unpaired) electrons. The second-order valence-electron chi connectivity index (χ2n) is 6.37. The second-order valence-corrected chi connectivity index (χ2v) is 6.37. The molecular weight excluding hydrogens is 254 g/mol. The first-order valence-corrected chi connectivity index (χ1v) is 7.89. The summed E-state index contributed by atoms with van der Waals surface area (Å²) < 4.78 is 4.97. The van der Waals surface area contributed by atoms with Crippen LogP contribution < -0.4 is 5.32 Å². The van der Waals surface area contributed by atoms with Gasteiger partial charge in [0.25, 0.3) is 0 Å². The van der Waals surface area contributed by atoms with Crippen LogP contribution in [0.3, 0.4) is 0 Å². The Morgan fingerprint density at radius 1 is 1.30 bits per heavy atom. The Hall–Kier alpha value is -1.06. The third-order valence-corrected chi connectivity index (χ3v) is 4.23. The molecule has 0 unspecified atom stereocenters. The van der Waals surface area contributed by atoms with Crippen LogP contribution in [0.2, 0.25) is 0 Å². The smallest absolute Gasteiger partial charge is 0.325 e. The molecule has 3 atom stereocenters. The molecule has 0 saturated heterocycles. The van der Waals surface area contributed by atoms with Gasteiger partial charge < -0.3 is 10.1 Å². The number of nitrogens with one attached hydrogen (secondary N) is 1. The number of rotatable bonds is 6. The van der Waals surface area contributed by atoms with Crippen LogP contribution in [0, 0.1) is 23.7 Å². The summed E-state index contributed by atoms with van der Waals surface area (Å²) in [5, 5.41) is 2.75. The Bertz CT molecular complexity index is 328. The van der Waals surface area contributed by atoms with Crippen molar-refractivity contribution in [2.45, 2.75) is 53.4 Å². The molecule has 1 amide bonds. The van der Waals surface area contributed by atoms with Gasteiger partial charge in [-0.3, -0.25) is 9.59 Å². The van der Waals surface area contributed by atoms with Crippen molar-refractivity contribution in [1.29, 1.82) is 0 Å². The summed E-state index contributed by atoms with van der Waals surface area (Å²) in [6.07, 6.45) is 4.04. The van der Waals surface area contributed by atoms with Gasteiger partial charge in [-0.05, 0) is 37.0 Å². The highest BCUT2D eigenvalue weighted by Gasteiger charge is 2.35. The third-order valence-electron chi connectivity index (χ3n) is 4.23. The van der Waals surface area contributed by atoms with Crippen LogP contribution in [0.25, 0.3) is 0 Å². The zero-order valence-corrected chi connectivity index (χ0v) is 13.3. The molecule has 0 spiro atoms. The van der Waals surface area contributed by atoms with Gasteiger partial charge in [-0.2, -0.15) is 0 Å². The van der Waals surface area contributed by atoms with E-state index in [4.69, 9.17) is 4.74 Å². The van der Waals surface area contributed by atoms with Crippen LogP contribution in [0.15, 0.2) is 0 Å². The van der Waals surface area contributed by atoms with Crippen molar-refractivity contribution in [3.63, 3.8) is 0 Å². The van der Waals surface area contributed by atoms with Crippen LogP contribution >= 0.6 is 0 Å². The van der Waals surface area contributed by atoms with E-state index < -0.39 is 0 Å². The quantitative estimate of drug-likeness (QED) is 0.763. The molecule has 0 aromatic rings. The van der Waals surface area contributed by atoms with E-state index in [0.29, 0.717) is 24.4 Å². The van der Waals surface area contributed by atoms with Gasteiger partial charge in [0.1, 0.15) is 6.54 Å². The Balaban J connectivity index is 2.48. The molecule has 4 heteroatoms. The lowest BCUT2D eigenvalue weighted by Gasteiger charge is -2.36. The van der Waals surface area contributed by atoms with Crippen molar-refractivity contribution in [1.82, 2.24) is 5.32 Å². The van der Waals surface area contributed by atoms with Gasteiger partial charge in [-0.1, -0.05) is 34.1 Å². The molecule has 0 bridgehead atoms. The zero-order valence-electron chi connectivity index (χ0n) is 13.3. The van der Waals surface area contributed by atoms with E-state index >= 15 is 0 Å². The molecule has 0 aromatic carbocycles. The van der Waals surface area contributed by atoms with Crippen molar-refractivity contribution in [2.24, 2.45) is 23.7 Å². The minimum absolute atomic E-state index is 0.00543. The Morgan fingerprint density at radius 2 is 2.00 bits per heavy atom. The number of carbonyl (C=O) groups is 2. The van der Waals surface area contributed by atoms with E-state index in [1.165, 1.54) is 6.42 Å². The summed E-state index contributed by atoms with van der Waals surface area (Å²) in [6.45, 7) is 8.92. The van der Waals surface area contributed by atoms with E-state index in [2.05, 4.69) is 26.1 Å². The number of esters is 1. The SMILES string of the molecule is CCCOC(=O)CNC(=O)[C@@H]1C[C@@H](C)CC[C@H]1C(C)C. The summed E-state index contributed by atoms with van der Waals surface area (Å²) in [7, 11) is 0. The highest BCUT2D eigenvalue weighted by Crippen LogP contribution is 2.37. The number of hydrogen-bond acceptors (Lipinski definition) is 3. The van der Waals surface area contributed by atoms with Gasteiger partial charge in [0.2, 0.25) is 5.91 Å². The molecule has 0 heterocycles. The van der Waals surface area contributed by atoms with Gasteiger partial charge in [-0.25, -0.2) is 0 Å². The van der Waals surface area contributed by atoms with Crippen LogP contribution in [0.1, 0.15) is 53.4 Å². The molecule has 116 valence electrons. The molecule has 1 rings (SSSR count). The summed E-state index contributed by atoms with van der Waals surface area (Å²) in [5.74, 6) is 1.24. The highest BCUT2D eigenvalue weighted by atomic mass is 16.5. The average Bonchev–Trinajstić information content (AvgIpc) is 2.41. The molecule has 1 aliphatic carbocycles. The van der Waals surface area contributed by atoms with Crippen LogP contribution in [0.5, 0.6) is 0 Å². The fourth-order valence-corrected chi connectivity index (χ4v) is 3.06. The lowest BCUT2D eigenvalue weighted by atomic mass is 9.70. The number of ether oxygens (including phenoxy) is 1. The van der Waals surface area contributed by atoms with Crippen LogP contribution in [-0.4, -0.2) is 25.0 Å². The zero-order chi connectivity index (χ0) is 15.1. The topological polar surface area (TPSA) is 55.4 Å². The van der Waals surface area contributed by atoms with Gasteiger partial charge in [0.15, 0.2) is 0 Å². The maximum absolute atomic E-state index is 12.3. The van der Waals surface area contributed by atoms with E-state index in [9.17, 15) is 9.59 Å². The molecule has 1 aliphatic rings. The number of carbonyl (C=O) groups excluding carboxylic acids is 2. The Kier molecular flexibility index (Phi) is 7.03. The molecule has 1 saturated carbocycles. The average molecular weight is 283 g/mol. The van der Waals surface area contributed by atoms with Crippen molar-refractivity contribution in [3.05, 3.63) is 0 Å². The van der Waals surface area contributed by atoms with Crippen molar-refractivity contribution < 1.29 is 14.3 Å². The molecule has 20 heavy (non-hydrogen) atoms. The maximum atomic E-state index is 12.3. The Morgan fingerprint density at radius 3 is 2.60 bits per heavy atom. The van der Waals surface area contributed by atoms with Crippen molar-refractivity contribution in [3.8, 4) is 0 Å². The first kappa shape index (κ1) is 17.0. The molecular formula is C16H29NO3. The minimum Gasteiger partial charge on any atom is -0.464 e. The second kappa shape index (κ2) is 8.28. The lowest BCUT2D eigenvalue weighted by molar-refractivity contribution is -0.144. The standard InChI is InChI=1S/C16H29NO3/c1-5-8-20-15(18)10-17-16(19)14-9-12(4)6-7-13(14)11(2)3/h11-14H,5-10H2,1-4H3,(H,17,19)/t12-,13-,14+/m0/s1. The van der Waals surface area contributed by atoms with Gasteiger partial charge >= 0.3 is 5.97 Å².